The zero-order valence-electron chi connectivity index (χ0n) is 12.3. The summed E-state index contributed by atoms with van der Waals surface area (Å²) in [5.74, 6) is 0.275. The van der Waals surface area contributed by atoms with E-state index in [4.69, 9.17) is 11.6 Å². The molecule has 0 atom stereocenters. The van der Waals surface area contributed by atoms with Crippen molar-refractivity contribution in [1.29, 1.82) is 0 Å². The van der Waals surface area contributed by atoms with Crippen molar-refractivity contribution in [2.24, 2.45) is 4.99 Å². The van der Waals surface area contributed by atoms with Crippen LogP contribution in [0.2, 0.25) is 5.02 Å². The number of pyridine rings is 1. The van der Waals surface area contributed by atoms with E-state index in [1.165, 1.54) is 6.07 Å². The zero-order chi connectivity index (χ0) is 15.8. The molecule has 6 heteroatoms. The van der Waals surface area contributed by atoms with Crippen LogP contribution in [0, 0.1) is 5.82 Å². The van der Waals surface area contributed by atoms with Crippen molar-refractivity contribution in [2.75, 3.05) is 13.6 Å². The number of hydrogen-bond acceptors (Lipinski definition) is 2. The van der Waals surface area contributed by atoms with Crippen molar-refractivity contribution in [3.05, 3.63) is 64.7 Å². The highest BCUT2D eigenvalue weighted by molar-refractivity contribution is 6.30. The van der Waals surface area contributed by atoms with Crippen LogP contribution in [0.3, 0.4) is 0 Å². The third kappa shape index (κ3) is 5.00. The lowest BCUT2D eigenvalue weighted by molar-refractivity contribution is 0.592. The first-order valence-electron chi connectivity index (χ1n) is 6.97. The highest BCUT2D eigenvalue weighted by atomic mass is 35.5. The second kappa shape index (κ2) is 8.34. The van der Waals surface area contributed by atoms with E-state index < -0.39 is 0 Å². The smallest absolute Gasteiger partial charge is 0.191 e. The third-order valence-electron chi connectivity index (χ3n) is 3.08. The summed E-state index contributed by atoms with van der Waals surface area (Å²) in [4.78, 5) is 8.09. The van der Waals surface area contributed by atoms with Crippen molar-refractivity contribution in [2.45, 2.75) is 13.0 Å². The number of rotatable bonds is 5. The van der Waals surface area contributed by atoms with E-state index in [-0.39, 0.29) is 12.4 Å². The fraction of sp³-hybridized carbons (Fsp3) is 0.250. The quantitative estimate of drug-likeness (QED) is 0.658. The summed E-state index contributed by atoms with van der Waals surface area (Å²) in [6.07, 6.45) is 2.38. The minimum absolute atomic E-state index is 0.281. The second-order valence-electron chi connectivity index (χ2n) is 4.66. The minimum Gasteiger partial charge on any atom is -0.356 e. The lowest BCUT2D eigenvalue weighted by atomic mass is 10.1. The van der Waals surface area contributed by atoms with Crippen LogP contribution in [0.4, 0.5) is 4.39 Å². The molecule has 2 N–H and O–H groups in total. The van der Waals surface area contributed by atoms with Crippen LogP contribution in [0.25, 0.3) is 0 Å². The first kappa shape index (κ1) is 16.2. The lowest BCUT2D eigenvalue weighted by Gasteiger charge is -2.12. The Labute approximate surface area is 134 Å². The molecule has 0 fully saturated rings. The normalized spacial score (nSPS) is 11.3. The van der Waals surface area contributed by atoms with Gasteiger partial charge >= 0.3 is 0 Å². The molecule has 4 nitrogen and oxygen atoms in total. The molecule has 1 heterocycles. The van der Waals surface area contributed by atoms with Gasteiger partial charge in [-0.3, -0.25) is 9.98 Å². The van der Waals surface area contributed by atoms with Crippen LogP contribution in [-0.4, -0.2) is 24.5 Å². The minimum atomic E-state index is -0.329. The summed E-state index contributed by atoms with van der Waals surface area (Å²) in [6, 6.07) is 10.7. The third-order valence-corrected chi connectivity index (χ3v) is 3.31. The molecule has 116 valence electrons. The van der Waals surface area contributed by atoms with Crippen molar-refractivity contribution in [1.82, 2.24) is 15.6 Å². The predicted octanol–water partition coefficient (Wildman–Crippen LogP) is 2.78. The van der Waals surface area contributed by atoms with Gasteiger partial charge < -0.3 is 10.6 Å². The number of hydrogen-bond donors (Lipinski definition) is 2. The zero-order valence-corrected chi connectivity index (χ0v) is 13.1. The summed E-state index contributed by atoms with van der Waals surface area (Å²) < 4.78 is 13.5. The fourth-order valence-corrected chi connectivity index (χ4v) is 2.17. The molecule has 0 aliphatic heterocycles. The Bertz CT molecular complexity index is 646. The van der Waals surface area contributed by atoms with Crippen LogP contribution in [0.15, 0.2) is 47.6 Å². The SMILES string of the molecule is CN=C(NCCc1cccc(Cl)c1)NCc1ncccc1F. The van der Waals surface area contributed by atoms with Crippen LogP contribution in [0.5, 0.6) is 0 Å². The first-order valence-corrected chi connectivity index (χ1v) is 7.35. The highest BCUT2D eigenvalue weighted by Gasteiger charge is 2.04. The van der Waals surface area contributed by atoms with Gasteiger partial charge in [0.2, 0.25) is 0 Å². The topological polar surface area (TPSA) is 49.3 Å². The maximum absolute atomic E-state index is 13.5. The molecule has 0 unspecified atom stereocenters. The van der Waals surface area contributed by atoms with Gasteiger partial charge in [-0.05, 0) is 36.2 Å². The Morgan fingerprint density at radius 1 is 1.27 bits per heavy atom. The molecule has 0 aliphatic rings. The summed E-state index contributed by atoms with van der Waals surface area (Å²) in [5.41, 5.74) is 1.51. The summed E-state index contributed by atoms with van der Waals surface area (Å²) in [7, 11) is 1.67. The molecule has 2 aromatic rings. The molecule has 0 bridgehead atoms. The summed E-state index contributed by atoms with van der Waals surface area (Å²) in [6.45, 7) is 0.980. The highest BCUT2D eigenvalue weighted by Crippen LogP contribution is 2.10. The average molecular weight is 321 g/mol. The maximum Gasteiger partial charge on any atom is 0.191 e. The van der Waals surface area contributed by atoms with Gasteiger partial charge in [0.05, 0.1) is 12.2 Å². The molecular formula is C16H18ClFN4. The number of nitrogens with one attached hydrogen (secondary N) is 2. The van der Waals surface area contributed by atoms with Gasteiger partial charge in [-0.25, -0.2) is 4.39 Å². The molecule has 0 spiro atoms. The van der Waals surface area contributed by atoms with Crippen molar-refractivity contribution >= 4 is 17.6 Å². The van der Waals surface area contributed by atoms with E-state index in [0.717, 1.165) is 17.0 Å². The maximum atomic E-state index is 13.5. The predicted molar refractivity (Wildman–Crippen MR) is 87.6 cm³/mol. The lowest BCUT2D eigenvalue weighted by Crippen LogP contribution is -2.38. The van der Waals surface area contributed by atoms with Gasteiger partial charge in [0.15, 0.2) is 5.96 Å². The molecule has 0 amide bonds. The Morgan fingerprint density at radius 2 is 2.14 bits per heavy atom. The molecule has 0 saturated carbocycles. The van der Waals surface area contributed by atoms with E-state index in [1.54, 1.807) is 19.3 Å². The standard InChI is InChI=1S/C16H18ClFN4/c1-19-16(22-11-15-14(18)6-3-8-20-15)21-9-7-12-4-2-5-13(17)10-12/h2-6,8,10H,7,9,11H2,1H3,(H2,19,21,22). The van der Waals surface area contributed by atoms with Crippen molar-refractivity contribution in [3.63, 3.8) is 0 Å². The Balaban J connectivity index is 1.79. The Morgan fingerprint density at radius 3 is 2.86 bits per heavy atom. The van der Waals surface area contributed by atoms with Crippen LogP contribution >= 0.6 is 11.6 Å². The van der Waals surface area contributed by atoms with Gasteiger partial charge in [-0.2, -0.15) is 0 Å². The van der Waals surface area contributed by atoms with E-state index in [0.29, 0.717) is 18.2 Å². The molecule has 1 aromatic heterocycles. The molecule has 22 heavy (non-hydrogen) atoms. The Hall–Kier alpha value is -2.14. The number of aliphatic imine (C=N–C) groups is 1. The Kier molecular flexibility index (Phi) is 6.15. The van der Waals surface area contributed by atoms with Crippen LogP contribution < -0.4 is 10.6 Å². The molecular weight excluding hydrogens is 303 g/mol. The number of nitrogens with zero attached hydrogens (tertiary/aromatic N) is 2. The van der Waals surface area contributed by atoms with Crippen molar-refractivity contribution in [3.8, 4) is 0 Å². The second-order valence-corrected chi connectivity index (χ2v) is 5.10. The first-order chi connectivity index (χ1) is 10.7. The van der Waals surface area contributed by atoms with E-state index in [9.17, 15) is 4.39 Å². The molecule has 2 rings (SSSR count). The van der Waals surface area contributed by atoms with Crippen LogP contribution in [-0.2, 0) is 13.0 Å². The molecule has 0 saturated heterocycles. The molecule has 0 aliphatic carbocycles. The van der Waals surface area contributed by atoms with Gasteiger partial charge in [0.1, 0.15) is 5.82 Å². The molecule has 0 radical (unpaired) electrons. The van der Waals surface area contributed by atoms with Crippen LogP contribution in [0.1, 0.15) is 11.3 Å². The number of aromatic nitrogens is 1. The summed E-state index contributed by atoms with van der Waals surface area (Å²) in [5, 5.41) is 6.93. The summed E-state index contributed by atoms with van der Waals surface area (Å²) >= 11 is 5.95. The van der Waals surface area contributed by atoms with Gasteiger partial charge in [-0.15, -0.1) is 0 Å². The van der Waals surface area contributed by atoms with E-state index >= 15 is 0 Å². The van der Waals surface area contributed by atoms with Gasteiger partial charge in [0, 0.05) is 24.8 Å². The number of halogens is 2. The number of guanidine groups is 1. The van der Waals surface area contributed by atoms with E-state index in [2.05, 4.69) is 20.6 Å². The van der Waals surface area contributed by atoms with E-state index in [1.807, 2.05) is 24.3 Å². The fourth-order valence-electron chi connectivity index (χ4n) is 1.95. The molecule has 1 aromatic carbocycles. The monoisotopic (exact) mass is 320 g/mol. The average Bonchev–Trinajstić information content (AvgIpc) is 2.52. The number of benzene rings is 1. The van der Waals surface area contributed by atoms with Gasteiger partial charge in [0.25, 0.3) is 0 Å². The largest absolute Gasteiger partial charge is 0.356 e. The van der Waals surface area contributed by atoms with Crippen molar-refractivity contribution < 1.29 is 4.39 Å². The van der Waals surface area contributed by atoms with Gasteiger partial charge in [-0.1, -0.05) is 23.7 Å².